The van der Waals surface area contributed by atoms with E-state index in [2.05, 4.69) is 5.32 Å². The van der Waals surface area contributed by atoms with E-state index >= 15 is 0 Å². The standard InChI is InChI=1S/C14H10NO2/c16-10-11-6-8-12(9-7-11)14(17)15-13-4-2-1-3-5-13/h1-9H,(H,15,17). The number of carbonyl (C=O) groups is 1. The lowest BCUT2D eigenvalue weighted by Crippen LogP contribution is -2.11. The summed E-state index contributed by atoms with van der Waals surface area (Å²) in [5.41, 5.74) is 1.68. The van der Waals surface area contributed by atoms with Crippen LogP contribution in [-0.4, -0.2) is 12.2 Å². The first-order valence-electron chi connectivity index (χ1n) is 5.14. The van der Waals surface area contributed by atoms with E-state index in [1.165, 1.54) is 0 Å². The smallest absolute Gasteiger partial charge is 0.255 e. The zero-order valence-corrected chi connectivity index (χ0v) is 9.01. The molecular weight excluding hydrogens is 214 g/mol. The van der Waals surface area contributed by atoms with Gasteiger partial charge in [0.2, 0.25) is 6.29 Å². The molecule has 0 aliphatic rings. The summed E-state index contributed by atoms with van der Waals surface area (Å²) in [7, 11) is 0. The maximum Gasteiger partial charge on any atom is 0.255 e. The highest BCUT2D eigenvalue weighted by atomic mass is 16.1. The molecule has 2 aromatic rings. The van der Waals surface area contributed by atoms with E-state index in [1.807, 2.05) is 30.3 Å². The van der Waals surface area contributed by atoms with Crippen LogP contribution in [0.2, 0.25) is 0 Å². The first-order valence-corrected chi connectivity index (χ1v) is 5.14. The van der Waals surface area contributed by atoms with Gasteiger partial charge in [0.05, 0.1) is 0 Å². The highest BCUT2D eigenvalue weighted by Crippen LogP contribution is 2.09. The van der Waals surface area contributed by atoms with Gasteiger partial charge in [-0.05, 0) is 24.3 Å². The molecule has 1 amide bonds. The molecule has 3 heteroatoms. The van der Waals surface area contributed by atoms with Gasteiger partial charge in [-0.3, -0.25) is 9.59 Å². The molecule has 83 valence electrons. The van der Waals surface area contributed by atoms with Gasteiger partial charge in [0.25, 0.3) is 5.91 Å². The zero-order valence-electron chi connectivity index (χ0n) is 9.01. The number of para-hydroxylation sites is 1. The molecule has 1 N–H and O–H groups in total. The number of anilines is 1. The summed E-state index contributed by atoms with van der Waals surface area (Å²) in [6.07, 6.45) is 1.76. The van der Waals surface area contributed by atoms with Crippen molar-refractivity contribution in [2.24, 2.45) is 0 Å². The van der Waals surface area contributed by atoms with Crippen LogP contribution in [0.25, 0.3) is 0 Å². The first-order chi connectivity index (χ1) is 8.29. The van der Waals surface area contributed by atoms with Crippen LogP contribution in [-0.2, 0) is 4.79 Å². The van der Waals surface area contributed by atoms with Crippen LogP contribution in [0.3, 0.4) is 0 Å². The van der Waals surface area contributed by atoms with E-state index in [-0.39, 0.29) is 5.91 Å². The molecule has 2 aromatic carbocycles. The summed E-state index contributed by atoms with van der Waals surface area (Å²) >= 11 is 0. The fourth-order valence-corrected chi connectivity index (χ4v) is 1.41. The predicted octanol–water partition coefficient (Wildman–Crippen LogP) is 2.40. The van der Waals surface area contributed by atoms with E-state index in [0.717, 1.165) is 5.69 Å². The van der Waals surface area contributed by atoms with Crippen LogP contribution in [0.15, 0.2) is 54.6 Å². The van der Waals surface area contributed by atoms with E-state index in [4.69, 9.17) is 0 Å². The maximum atomic E-state index is 11.8. The summed E-state index contributed by atoms with van der Waals surface area (Å²) < 4.78 is 0. The number of rotatable bonds is 3. The van der Waals surface area contributed by atoms with Crippen LogP contribution in [0.4, 0.5) is 5.69 Å². The second kappa shape index (κ2) is 5.07. The van der Waals surface area contributed by atoms with Crippen molar-refractivity contribution in [3.63, 3.8) is 0 Å². The molecule has 0 unspecified atom stereocenters. The Labute approximate surface area is 99.1 Å². The molecule has 0 fully saturated rings. The lowest BCUT2D eigenvalue weighted by Gasteiger charge is -2.04. The molecule has 0 aromatic heterocycles. The van der Waals surface area contributed by atoms with Gasteiger partial charge in [-0.15, -0.1) is 0 Å². The van der Waals surface area contributed by atoms with Crippen molar-refractivity contribution in [1.82, 2.24) is 0 Å². The monoisotopic (exact) mass is 224 g/mol. The average molecular weight is 224 g/mol. The van der Waals surface area contributed by atoms with Crippen LogP contribution in [0.5, 0.6) is 0 Å². The number of hydrogen-bond acceptors (Lipinski definition) is 2. The van der Waals surface area contributed by atoms with Crippen molar-refractivity contribution in [1.29, 1.82) is 0 Å². The van der Waals surface area contributed by atoms with Crippen LogP contribution >= 0.6 is 0 Å². The van der Waals surface area contributed by atoms with E-state index < -0.39 is 0 Å². The summed E-state index contributed by atoms with van der Waals surface area (Å²) in [5.74, 6) is -0.200. The van der Waals surface area contributed by atoms with Gasteiger partial charge in [0, 0.05) is 16.8 Å². The van der Waals surface area contributed by atoms with Crippen LogP contribution in [0, 0.1) is 0 Å². The number of hydrogen-bond donors (Lipinski definition) is 1. The number of amides is 1. The minimum absolute atomic E-state index is 0.200. The van der Waals surface area contributed by atoms with Gasteiger partial charge in [-0.1, -0.05) is 30.3 Å². The Bertz CT molecular complexity index is 518. The highest BCUT2D eigenvalue weighted by molar-refractivity contribution is 6.04. The maximum absolute atomic E-state index is 11.8. The van der Waals surface area contributed by atoms with Gasteiger partial charge in [-0.25, -0.2) is 0 Å². The molecule has 0 aliphatic carbocycles. The number of benzene rings is 2. The molecule has 3 nitrogen and oxygen atoms in total. The SMILES string of the molecule is O=[C]c1ccc(C(=O)Nc2ccccc2)cc1. The normalized spacial score (nSPS) is 9.65. The highest BCUT2D eigenvalue weighted by Gasteiger charge is 2.05. The fourth-order valence-electron chi connectivity index (χ4n) is 1.41. The number of carbonyl (C=O) groups excluding carboxylic acids is 2. The first kappa shape index (κ1) is 11.1. The fraction of sp³-hybridized carbons (Fsp3) is 0. The second-order valence-electron chi connectivity index (χ2n) is 3.50. The number of nitrogens with one attached hydrogen (secondary N) is 1. The van der Waals surface area contributed by atoms with Crippen molar-refractivity contribution < 1.29 is 9.59 Å². The molecule has 2 rings (SSSR count). The zero-order chi connectivity index (χ0) is 12.1. The second-order valence-corrected chi connectivity index (χ2v) is 3.50. The van der Waals surface area contributed by atoms with E-state index in [0.29, 0.717) is 11.1 Å². The Morgan fingerprint density at radius 2 is 1.59 bits per heavy atom. The minimum atomic E-state index is -0.200. The molecule has 0 spiro atoms. The summed E-state index contributed by atoms with van der Waals surface area (Å²) in [5, 5.41) is 2.76. The molecule has 1 radical (unpaired) electrons. The van der Waals surface area contributed by atoms with Gasteiger partial charge in [0.15, 0.2) is 0 Å². The van der Waals surface area contributed by atoms with Gasteiger partial charge < -0.3 is 5.32 Å². The Hall–Kier alpha value is -2.42. The molecule has 0 aliphatic heterocycles. The lowest BCUT2D eigenvalue weighted by atomic mass is 10.1. The Kier molecular flexibility index (Phi) is 3.31. The van der Waals surface area contributed by atoms with Crippen molar-refractivity contribution in [3.05, 3.63) is 65.7 Å². The quantitative estimate of drug-likeness (QED) is 0.870. The molecule has 0 heterocycles. The third kappa shape index (κ3) is 2.78. The predicted molar refractivity (Wildman–Crippen MR) is 65.6 cm³/mol. The van der Waals surface area contributed by atoms with Gasteiger partial charge in [-0.2, -0.15) is 0 Å². The topological polar surface area (TPSA) is 46.2 Å². The van der Waals surface area contributed by atoms with Crippen molar-refractivity contribution >= 4 is 17.9 Å². The molecular formula is C14H10NO2. The summed E-state index contributed by atoms with van der Waals surface area (Å²) in [6, 6.07) is 15.5. The molecule has 0 saturated carbocycles. The Morgan fingerprint density at radius 3 is 2.18 bits per heavy atom. The van der Waals surface area contributed by atoms with E-state index in [9.17, 15) is 9.59 Å². The Morgan fingerprint density at radius 1 is 0.941 bits per heavy atom. The van der Waals surface area contributed by atoms with Crippen molar-refractivity contribution in [2.45, 2.75) is 0 Å². The molecule has 17 heavy (non-hydrogen) atoms. The van der Waals surface area contributed by atoms with Crippen LogP contribution in [0.1, 0.15) is 15.9 Å². The Balaban J connectivity index is 2.12. The summed E-state index contributed by atoms with van der Waals surface area (Å²) in [4.78, 5) is 22.2. The lowest BCUT2D eigenvalue weighted by molar-refractivity contribution is 0.102. The van der Waals surface area contributed by atoms with Gasteiger partial charge >= 0.3 is 0 Å². The third-order valence-corrected chi connectivity index (χ3v) is 2.30. The molecule has 0 atom stereocenters. The molecule has 0 saturated heterocycles. The van der Waals surface area contributed by atoms with Crippen molar-refractivity contribution in [3.8, 4) is 0 Å². The summed E-state index contributed by atoms with van der Waals surface area (Å²) in [6.45, 7) is 0. The van der Waals surface area contributed by atoms with E-state index in [1.54, 1.807) is 30.6 Å². The molecule has 0 bridgehead atoms. The third-order valence-electron chi connectivity index (χ3n) is 2.30. The largest absolute Gasteiger partial charge is 0.322 e. The average Bonchev–Trinajstić information content (AvgIpc) is 2.40. The minimum Gasteiger partial charge on any atom is -0.322 e. The van der Waals surface area contributed by atoms with Gasteiger partial charge in [0.1, 0.15) is 0 Å². The van der Waals surface area contributed by atoms with Crippen LogP contribution < -0.4 is 5.32 Å². The van der Waals surface area contributed by atoms with Crippen molar-refractivity contribution in [2.75, 3.05) is 5.32 Å².